The van der Waals surface area contributed by atoms with E-state index in [1.54, 1.807) is 0 Å². The maximum Gasteiger partial charge on any atom is 0.334 e. The number of aliphatic carboxylic acids is 1. The molecule has 5 heteroatoms. The lowest BCUT2D eigenvalue weighted by Crippen LogP contribution is -2.40. The van der Waals surface area contributed by atoms with Crippen LogP contribution in [0.3, 0.4) is 0 Å². The Bertz CT molecular complexity index is 298. The zero-order valence-electron chi connectivity index (χ0n) is 11.6. The number of amides is 1. The van der Waals surface area contributed by atoms with Crippen molar-refractivity contribution in [1.82, 2.24) is 5.32 Å². The van der Waals surface area contributed by atoms with Gasteiger partial charge in [-0.25, -0.2) is 4.79 Å². The monoisotopic (exact) mass is 271 g/mol. The highest BCUT2D eigenvalue weighted by molar-refractivity contribution is 5.80. The molecule has 1 saturated carbocycles. The molecular weight excluding hydrogens is 246 g/mol. The van der Waals surface area contributed by atoms with Gasteiger partial charge in [-0.3, -0.25) is 4.79 Å². The summed E-state index contributed by atoms with van der Waals surface area (Å²) in [5.41, 5.74) is 0. The molecule has 0 saturated heterocycles. The molecule has 1 unspecified atom stereocenters. The Morgan fingerprint density at radius 1 is 1.26 bits per heavy atom. The van der Waals surface area contributed by atoms with Gasteiger partial charge in [0.15, 0.2) is 6.10 Å². The van der Waals surface area contributed by atoms with Gasteiger partial charge in [0.2, 0.25) is 5.91 Å². The van der Waals surface area contributed by atoms with Gasteiger partial charge in [0, 0.05) is 5.92 Å². The highest BCUT2D eigenvalue weighted by atomic mass is 16.4. The first-order valence-corrected chi connectivity index (χ1v) is 7.23. The molecule has 1 atom stereocenters. The Balaban J connectivity index is 2.23. The molecule has 0 heterocycles. The Labute approximate surface area is 114 Å². The normalized spacial score (nSPS) is 24.7. The molecule has 0 aromatic carbocycles. The van der Waals surface area contributed by atoms with E-state index < -0.39 is 12.1 Å². The van der Waals surface area contributed by atoms with Crippen molar-refractivity contribution in [2.75, 3.05) is 6.54 Å². The Morgan fingerprint density at radius 2 is 1.89 bits per heavy atom. The first kappa shape index (κ1) is 16.0. The molecule has 1 fully saturated rings. The smallest absolute Gasteiger partial charge is 0.334 e. The minimum Gasteiger partial charge on any atom is -0.479 e. The van der Waals surface area contributed by atoms with Gasteiger partial charge in [0.25, 0.3) is 0 Å². The predicted octanol–water partition coefficient (Wildman–Crippen LogP) is 1.54. The van der Waals surface area contributed by atoms with Gasteiger partial charge >= 0.3 is 5.97 Å². The van der Waals surface area contributed by atoms with E-state index in [0.29, 0.717) is 0 Å². The Morgan fingerprint density at radius 3 is 2.42 bits per heavy atom. The van der Waals surface area contributed by atoms with E-state index in [1.807, 2.05) is 0 Å². The third-order valence-electron chi connectivity index (χ3n) is 3.94. The van der Waals surface area contributed by atoms with Crippen LogP contribution in [0.5, 0.6) is 0 Å². The minimum atomic E-state index is -1.51. The Kier molecular flexibility index (Phi) is 6.84. The maximum absolute atomic E-state index is 11.8. The molecule has 1 aliphatic rings. The maximum atomic E-state index is 11.8. The summed E-state index contributed by atoms with van der Waals surface area (Å²) in [7, 11) is 0. The van der Waals surface area contributed by atoms with E-state index in [0.717, 1.165) is 31.6 Å². The van der Waals surface area contributed by atoms with Gasteiger partial charge in [-0.15, -0.1) is 0 Å². The summed E-state index contributed by atoms with van der Waals surface area (Å²) in [5, 5.41) is 20.1. The summed E-state index contributed by atoms with van der Waals surface area (Å²) in [4.78, 5) is 22.3. The molecule has 0 radical (unpaired) electrons. The molecule has 1 rings (SSSR count). The van der Waals surface area contributed by atoms with Crippen LogP contribution in [-0.2, 0) is 9.59 Å². The lowest BCUT2D eigenvalue weighted by Gasteiger charge is -2.27. The molecule has 3 N–H and O–H groups in total. The number of carbonyl (C=O) groups is 2. The van der Waals surface area contributed by atoms with Gasteiger partial charge in [0.1, 0.15) is 0 Å². The summed E-state index contributed by atoms with van der Waals surface area (Å²) in [5.74, 6) is -0.690. The number of aliphatic hydroxyl groups is 1. The molecule has 1 amide bonds. The summed E-state index contributed by atoms with van der Waals surface area (Å²) in [6.07, 6.45) is 6.14. The number of carboxylic acids is 1. The number of carboxylic acid groups (broad SMARTS) is 1. The average Bonchev–Trinajstić information content (AvgIpc) is 2.42. The van der Waals surface area contributed by atoms with Gasteiger partial charge < -0.3 is 15.5 Å². The van der Waals surface area contributed by atoms with Crippen molar-refractivity contribution in [3.63, 3.8) is 0 Å². The van der Waals surface area contributed by atoms with Crippen LogP contribution in [0, 0.1) is 11.8 Å². The van der Waals surface area contributed by atoms with Gasteiger partial charge in [-0.1, -0.05) is 26.2 Å². The molecular formula is C14H25NO4. The fraction of sp³-hybridized carbons (Fsp3) is 0.857. The fourth-order valence-corrected chi connectivity index (χ4v) is 2.64. The van der Waals surface area contributed by atoms with Gasteiger partial charge in [0.05, 0.1) is 6.54 Å². The number of hydrogen-bond acceptors (Lipinski definition) is 3. The van der Waals surface area contributed by atoms with Crippen molar-refractivity contribution in [2.24, 2.45) is 11.8 Å². The lowest BCUT2D eigenvalue weighted by molar-refractivity contribution is -0.146. The second-order valence-electron chi connectivity index (χ2n) is 5.46. The van der Waals surface area contributed by atoms with E-state index in [1.165, 1.54) is 19.3 Å². The third-order valence-corrected chi connectivity index (χ3v) is 3.94. The number of nitrogens with one attached hydrogen (secondary N) is 1. The first-order valence-electron chi connectivity index (χ1n) is 7.23. The number of rotatable bonds is 7. The molecule has 5 nitrogen and oxygen atoms in total. The number of unbranched alkanes of at least 4 members (excludes halogenated alkanes) is 1. The van der Waals surface area contributed by atoms with Crippen LogP contribution in [0.1, 0.15) is 51.9 Å². The molecule has 0 aliphatic heterocycles. The van der Waals surface area contributed by atoms with E-state index in [9.17, 15) is 9.59 Å². The van der Waals surface area contributed by atoms with Crippen LogP contribution in [0.2, 0.25) is 0 Å². The first-order chi connectivity index (χ1) is 9.04. The molecule has 0 spiro atoms. The molecule has 0 aromatic heterocycles. The average molecular weight is 271 g/mol. The SMILES string of the molecule is CCCCC1CCC(C(=O)NCC(O)C(=O)O)CC1. The largest absolute Gasteiger partial charge is 0.479 e. The molecule has 110 valence electrons. The van der Waals surface area contributed by atoms with Crippen LogP contribution in [-0.4, -0.2) is 34.7 Å². The number of hydrogen-bond donors (Lipinski definition) is 3. The van der Waals surface area contributed by atoms with E-state index in [-0.39, 0.29) is 18.4 Å². The van der Waals surface area contributed by atoms with E-state index in [4.69, 9.17) is 10.2 Å². The van der Waals surface area contributed by atoms with E-state index >= 15 is 0 Å². The zero-order valence-corrected chi connectivity index (χ0v) is 11.6. The van der Waals surface area contributed by atoms with Crippen molar-refractivity contribution >= 4 is 11.9 Å². The van der Waals surface area contributed by atoms with E-state index in [2.05, 4.69) is 12.2 Å². The summed E-state index contributed by atoms with van der Waals surface area (Å²) in [6.45, 7) is 1.98. The number of aliphatic hydroxyl groups excluding tert-OH is 1. The highest BCUT2D eigenvalue weighted by Gasteiger charge is 2.26. The van der Waals surface area contributed by atoms with Crippen molar-refractivity contribution in [3.05, 3.63) is 0 Å². The predicted molar refractivity (Wildman–Crippen MR) is 71.6 cm³/mol. The van der Waals surface area contributed by atoms with Crippen LogP contribution in [0.25, 0.3) is 0 Å². The van der Waals surface area contributed by atoms with Crippen LogP contribution in [0.4, 0.5) is 0 Å². The fourth-order valence-electron chi connectivity index (χ4n) is 2.64. The number of carbonyl (C=O) groups excluding carboxylic acids is 1. The topological polar surface area (TPSA) is 86.6 Å². The minimum absolute atomic E-state index is 0.0149. The molecule has 1 aliphatic carbocycles. The Hall–Kier alpha value is -1.10. The molecule has 0 bridgehead atoms. The summed E-state index contributed by atoms with van der Waals surface area (Å²) < 4.78 is 0. The van der Waals surface area contributed by atoms with Crippen LogP contribution >= 0.6 is 0 Å². The standard InChI is InChI=1S/C14H25NO4/c1-2-3-4-10-5-7-11(8-6-10)13(17)15-9-12(16)14(18)19/h10-12,16H,2-9H2,1H3,(H,15,17)(H,18,19). The quantitative estimate of drug-likeness (QED) is 0.655. The van der Waals surface area contributed by atoms with Crippen LogP contribution in [0.15, 0.2) is 0 Å². The third kappa shape index (κ3) is 5.59. The highest BCUT2D eigenvalue weighted by Crippen LogP contribution is 2.31. The van der Waals surface area contributed by atoms with Crippen LogP contribution < -0.4 is 5.32 Å². The second kappa shape index (κ2) is 8.15. The summed E-state index contributed by atoms with van der Waals surface area (Å²) in [6, 6.07) is 0. The molecule has 0 aromatic rings. The zero-order chi connectivity index (χ0) is 14.3. The van der Waals surface area contributed by atoms with Crippen molar-refractivity contribution in [2.45, 2.75) is 58.0 Å². The molecule has 19 heavy (non-hydrogen) atoms. The lowest BCUT2D eigenvalue weighted by atomic mass is 9.79. The van der Waals surface area contributed by atoms with Gasteiger partial charge in [-0.05, 0) is 31.6 Å². The van der Waals surface area contributed by atoms with Crippen molar-refractivity contribution < 1.29 is 19.8 Å². The van der Waals surface area contributed by atoms with Crippen molar-refractivity contribution in [1.29, 1.82) is 0 Å². The summed E-state index contributed by atoms with van der Waals surface area (Å²) >= 11 is 0. The van der Waals surface area contributed by atoms with Crippen molar-refractivity contribution in [3.8, 4) is 0 Å². The van der Waals surface area contributed by atoms with Gasteiger partial charge in [-0.2, -0.15) is 0 Å². The second-order valence-corrected chi connectivity index (χ2v) is 5.46.